The molecule has 0 fully saturated rings. The molecular weight excluding hydrogens is 399 g/mol. The lowest BCUT2D eigenvalue weighted by Crippen LogP contribution is -2.22. The molecule has 156 valence electrons. The lowest BCUT2D eigenvalue weighted by atomic mass is 10.2. The van der Waals surface area contributed by atoms with E-state index in [9.17, 15) is 22.8 Å². The zero-order valence-electron chi connectivity index (χ0n) is 16.1. The van der Waals surface area contributed by atoms with Gasteiger partial charge in [-0.25, -0.2) is 4.68 Å². The molecule has 0 saturated carbocycles. The summed E-state index contributed by atoms with van der Waals surface area (Å²) in [5.74, 6) is -0.901. The highest BCUT2D eigenvalue weighted by Crippen LogP contribution is 2.23. The molecule has 0 saturated heterocycles. The van der Waals surface area contributed by atoms with E-state index in [1.165, 1.54) is 29.0 Å². The largest absolute Gasteiger partial charge is 0.573 e. The number of halogens is 3. The summed E-state index contributed by atoms with van der Waals surface area (Å²) in [5, 5.41) is 2.57. The number of ether oxygens (including phenoxy) is 1. The van der Waals surface area contributed by atoms with Crippen LogP contribution < -0.4 is 15.6 Å². The van der Waals surface area contributed by atoms with Crippen LogP contribution in [0.2, 0.25) is 0 Å². The maximum atomic E-state index is 12.8. The first-order chi connectivity index (χ1) is 14.2. The number of alkyl halides is 3. The van der Waals surface area contributed by atoms with E-state index in [2.05, 4.69) is 10.1 Å². The first-order valence-corrected chi connectivity index (χ1v) is 8.84. The Morgan fingerprint density at radius 2 is 1.70 bits per heavy atom. The molecule has 0 aliphatic carbocycles. The van der Waals surface area contributed by atoms with Crippen LogP contribution in [0.4, 0.5) is 18.9 Å². The maximum Gasteiger partial charge on any atom is 0.573 e. The summed E-state index contributed by atoms with van der Waals surface area (Å²) < 4.78 is 43.4. The number of nitrogens with one attached hydrogen (secondary N) is 1. The van der Waals surface area contributed by atoms with Gasteiger partial charge in [0, 0.05) is 13.1 Å². The summed E-state index contributed by atoms with van der Waals surface area (Å²) in [6.07, 6.45) is -2.16. The van der Waals surface area contributed by atoms with Crippen molar-refractivity contribution in [2.24, 2.45) is 7.05 Å². The normalized spacial score (nSPS) is 11.6. The van der Waals surface area contributed by atoms with Gasteiger partial charge in [-0.3, -0.25) is 14.3 Å². The number of benzene rings is 2. The molecule has 1 amide bonds. The van der Waals surface area contributed by atoms with Gasteiger partial charge in [0.2, 0.25) is 5.91 Å². The lowest BCUT2D eigenvalue weighted by molar-refractivity contribution is -0.274. The third kappa shape index (κ3) is 4.80. The Morgan fingerprint density at radius 1 is 1.07 bits per heavy atom. The highest BCUT2D eigenvalue weighted by molar-refractivity contribution is 6.02. The fourth-order valence-electron chi connectivity index (χ4n) is 2.83. The van der Waals surface area contributed by atoms with Crippen LogP contribution in [-0.2, 0) is 11.8 Å². The zero-order valence-corrected chi connectivity index (χ0v) is 16.1. The molecular formula is C21H18F3N3O3. The number of carbonyl (C=O) groups is 1. The summed E-state index contributed by atoms with van der Waals surface area (Å²) >= 11 is 0. The van der Waals surface area contributed by atoms with Crippen molar-refractivity contribution in [1.82, 2.24) is 9.36 Å². The number of nitrogens with zero attached hydrogens (tertiary/aromatic N) is 2. The number of hydrogen-bond donors (Lipinski definition) is 1. The Morgan fingerprint density at radius 3 is 2.30 bits per heavy atom. The maximum absolute atomic E-state index is 12.8. The molecule has 30 heavy (non-hydrogen) atoms. The van der Waals surface area contributed by atoms with Crippen molar-refractivity contribution in [3.8, 4) is 11.4 Å². The first-order valence-electron chi connectivity index (χ1n) is 8.84. The molecule has 3 aromatic rings. The Bertz CT molecular complexity index is 1130. The quantitative estimate of drug-likeness (QED) is 0.638. The van der Waals surface area contributed by atoms with Gasteiger partial charge in [-0.2, -0.15) is 0 Å². The summed E-state index contributed by atoms with van der Waals surface area (Å²) in [7, 11) is 1.71. The molecule has 9 heteroatoms. The Kier molecular flexibility index (Phi) is 5.81. The van der Waals surface area contributed by atoms with E-state index in [1.807, 2.05) is 6.07 Å². The highest BCUT2D eigenvalue weighted by Gasteiger charge is 2.30. The minimum absolute atomic E-state index is 0.143. The Hall–Kier alpha value is -3.75. The molecule has 1 heterocycles. The summed E-state index contributed by atoms with van der Waals surface area (Å²) in [5.41, 5.74) is 1.48. The standard InChI is InChI=1S/C21H18F3N3O3/c1-14-19(20(29)27(26(14)2)16-6-4-3-5-7-16)25-18(28)13-10-15-8-11-17(12-9-15)30-21(22,23)24/h3-13H,1-2H3,(H,25,28)/b13-10+. The molecule has 1 aromatic heterocycles. The Balaban J connectivity index is 1.75. The van der Waals surface area contributed by atoms with Crippen molar-refractivity contribution in [2.75, 3.05) is 5.32 Å². The van der Waals surface area contributed by atoms with Gasteiger partial charge in [-0.1, -0.05) is 30.3 Å². The van der Waals surface area contributed by atoms with Crippen LogP contribution >= 0.6 is 0 Å². The van der Waals surface area contributed by atoms with E-state index < -0.39 is 12.3 Å². The SMILES string of the molecule is Cc1c(NC(=O)/C=C/c2ccc(OC(F)(F)F)cc2)c(=O)n(-c2ccccc2)n1C. The van der Waals surface area contributed by atoms with Gasteiger partial charge in [0.15, 0.2) is 0 Å². The minimum Gasteiger partial charge on any atom is -0.406 e. The Labute approximate surface area is 169 Å². The first kappa shape index (κ1) is 21.0. The van der Waals surface area contributed by atoms with Gasteiger partial charge in [0.05, 0.1) is 11.4 Å². The van der Waals surface area contributed by atoms with Crippen molar-refractivity contribution in [3.63, 3.8) is 0 Å². The zero-order chi connectivity index (χ0) is 21.9. The van der Waals surface area contributed by atoms with E-state index in [-0.39, 0.29) is 17.0 Å². The van der Waals surface area contributed by atoms with Crippen molar-refractivity contribution in [3.05, 3.63) is 82.3 Å². The monoisotopic (exact) mass is 417 g/mol. The average Bonchev–Trinajstić information content (AvgIpc) is 2.90. The van der Waals surface area contributed by atoms with Crippen molar-refractivity contribution < 1.29 is 22.7 Å². The number of anilines is 1. The van der Waals surface area contributed by atoms with E-state index in [0.29, 0.717) is 16.9 Å². The van der Waals surface area contributed by atoms with Crippen LogP contribution in [0.5, 0.6) is 5.75 Å². The van der Waals surface area contributed by atoms with Gasteiger partial charge in [-0.05, 0) is 42.8 Å². The average molecular weight is 417 g/mol. The fraction of sp³-hybridized carbons (Fsp3) is 0.143. The van der Waals surface area contributed by atoms with Crippen LogP contribution in [0.25, 0.3) is 11.8 Å². The molecule has 3 rings (SSSR count). The molecule has 0 bridgehead atoms. The molecule has 0 atom stereocenters. The molecule has 0 aliphatic rings. The molecule has 6 nitrogen and oxygen atoms in total. The molecule has 1 N–H and O–H groups in total. The molecule has 2 aromatic carbocycles. The summed E-state index contributed by atoms with van der Waals surface area (Å²) in [4.78, 5) is 25.0. The number of para-hydroxylation sites is 1. The number of rotatable bonds is 5. The van der Waals surface area contributed by atoms with Crippen LogP contribution in [-0.4, -0.2) is 21.6 Å². The molecule has 0 aliphatic heterocycles. The number of aromatic nitrogens is 2. The number of carbonyl (C=O) groups excluding carboxylic acids is 1. The predicted molar refractivity (Wildman–Crippen MR) is 107 cm³/mol. The number of amides is 1. The molecule has 0 radical (unpaired) electrons. The van der Waals surface area contributed by atoms with Gasteiger partial charge >= 0.3 is 6.36 Å². The van der Waals surface area contributed by atoms with E-state index >= 15 is 0 Å². The van der Waals surface area contributed by atoms with Crippen molar-refractivity contribution in [1.29, 1.82) is 0 Å². The van der Waals surface area contributed by atoms with Crippen molar-refractivity contribution in [2.45, 2.75) is 13.3 Å². The highest BCUT2D eigenvalue weighted by atomic mass is 19.4. The van der Waals surface area contributed by atoms with E-state index in [4.69, 9.17) is 0 Å². The summed E-state index contributed by atoms with van der Waals surface area (Å²) in [6, 6.07) is 14.0. The van der Waals surface area contributed by atoms with Crippen LogP contribution in [0, 0.1) is 6.92 Å². The minimum atomic E-state index is -4.77. The van der Waals surface area contributed by atoms with Crippen molar-refractivity contribution >= 4 is 17.7 Å². The van der Waals surface area contributed by atoms with Crippen LogP contribution in [0.1, 0.15) is 11.3 Å². The van der Waals surface area contributed by atoms with Gasteiger partial charge in [-0.15, -0.1) is 13.2 Å². The van der Waals surface area contributed by atoms with Crippen LogP contribution in [0.3, 0.4) is 0 Å². The van der Waals surface area contributed by atoms with Gasteiger partial charge in [0.25, 0.3) is 5.56 Å². The second-order valence-electron chi connectivity index (χ2n) is 6.38. The number of hydrogen-bond acceptors (Lipinski definition) is 3. The topological polar surface area (TPSA) is 65.3 Å². The smallest absolute Gasteiger partial charge is 0.406 e. The van der Waals surface area contributed by atoms with Crippen LogP contribution in [0.15, 0.2) is 65.5 Å². The predicted octanol–water partition coefficient (Wildman–Crippen LogP) is 4.03. The third-order valence-electron chi connectivity index (χ3n) is 4.34. The van der Waals surface area contributed by atoms with Gasteiger partial charge < -0.3 is 10.1 Å². The fourth-order valence-corrected chi connectivity index (χ4v) is 2.83. The van der Waals surface area contributed by atoms with E-state index in [0.717, 1.165) is 12.1 Å². The third-order valence-corrected chi connectivity index (χ3v) is 4.34. The lowest BCUT2D eigenvalue weighted by Gasteiger charge is -2.08. The molecule has 0 unspecified atom stereocenters. The second-order valence-corrected chi connectivity index (χ2v) is 6.38. The van der Waals surface area contributed by atoms with E-state index in [1.54, 1.807) is 42.9 Å². The molecule has 0 spiro atoms. The second kappa shape index (κ2) is 8.32. The van der Waals surface area contributed by atoms with Gasteiger partial charge in [0.1, 0.15) is 11.4 Å². The summed E-state index contributed by atoms with van der Waals surface area (Å²) in [6.45, 7) is 1.71.